The molecule has 0 saturated carbocycles. The third-order valence-electron chi connectivity index (χ3n) is 5.28. The minimum atomic E-state index is 0.127. The van der Waals surface area contributed by atoms with Crippen LogP contribution in [0, 0.1) is 5.92 Å². The van der Waals surface area contributed by atoms with Crippen molar-refractivity contribution >= 4 is 29.1 Å². The fourth-order valence-corrected chi connectivity index (χ4v) is 4.19. The Morgan fingerprint density at radius 3 is 2.52 bits per heavy atom. The van der Waals surface area contributed by atoms with Crippen LogP contribution in [-0.4, -0.2) is 30.4 Å². The average molecular weight is 381 g/mol. The third-order valence-corrected chi connectivity index (χ3v) is 5.98. The van der Waals surface area contributed by atoms with Crippen LogP contribution < -0.4 is 5.32 Å². The van der Waals surface area contributed by atoms with E-state index in [-0.39, 0.29) is 11.8 Å². The van der Waals surface area contributed by atoms with Gasteiger partial charge in [-0.2, -0.15) is 0 Å². The Kier molecular flexibility index (Phi) is 6.80. The fourth-order valence-electron chi connectivity index (χ4n) is 3.67. The standard InChI is InChI=1S/C20H26Cl2N2O/c21-18-7-4-8-19(22)17(18)14-24-11-9-16(10-12-24)20(25)23-13-15-5-2-1-3-6-15/h4-5,7-8,16H,1-3,6,9-14H2,(H,23,25). The van der Waals surface area contributed by atoms with Crippen LogP contribution in [0.4, 0.5) is 0 Å². The largest absolute Gasteiger partial charge is 0.352 e. The zero-order chi connectivity index (χ0) is 17.6. The zero-order valence-electron chi connectivity index (χ0n) is 14.6. The lowest BCUT2D eigenvalue weighted by Gasteiger charge is -2.31. The summed E-state index contributed by atoms with van der Waals surface area (Å²) in [4.78, 5) is 14.7. The lowest BCUT2D eigenvalue weighted by atomic mass is 9.95. The molecule has 0 aromatic heterocycles. The van der Waals surface area contributed by atoms with E-state index in [1.165, 1.54) is 18.4 Å². The summed E-state index contributed by atoms with van der Waals surface area (Å²) in [6, 6.07) is 5.62. The topological polar surface area (TPSA) is 32.3 Å². The molecule has 1 aromatic carbocycles. The first-order valence-corrected chi connectivity index (χ1v) is 10.00. The van der Waals surface area contributed by atoms with Crippen LogP contribution >= 0.6 is 23.2 Å². The van der Waals surface area contributed by atoms with Crippen molar-refractivity contribution in [3.63, 3.8) is 0 Å². The third kappa shape index (κ3) is 5.22. The Morgan fingerprint density at radius 2 is 1.88 bits per heavy atom. The average Bonchev–Trinajstić information content (AvgIpc) is 2.64. The summed E-state index contributed by atoms with van der Waals surface area (Å²) in [6.07, 6.45) is 8.92. The van der Waals surface area contributed by atoms with E-state index in [4.69, 9.17) is 23.2 Å². The number of carbonyl (C=O) groups is 1. The second-order valence-corrected chi connectivity index (χ2v) is 7.89. The van der Waals surface area contributed by atoms with Gasteiger partial charge in [-0.15, -0.1) is 0 Å². The number of halogens is 2. The monoisotopic (exact) mass is 380 g/mol. The van der Waals surface area contributed by atoms with Crippen LogP contribution in [0.2, 0.25) is 10.0 Å². The first kappa shape index (κ1) is 18.8. The smallest absolute Gasteiger partial charge is 0.223 e. The van der Waals surface area contributed by atoms with Gasteiger partial charge in [0, 0.05) is 34.6 Å². The number of nitrogens with zero attached hydrogens (tertiary/aromatic N) is 1. The highest BCUT2D eigenvalue weighted by atomic mass is 35.5. The van der Waals surface area contributed by atoms with Crippen LogP contribution in [-0.2, 0) is 11.3 Å². The van der Waals surface area contributed by atoms with Crippen molar-refractivity contribution < 1.29 is 4.79 Å². The van der Waals surface area contributed by atoms with Gasteiger partial charge in [-0.1, -0.05) is 40.9 Å². The number of hydrogen-bond acceptors (Lipinski definition) is 2. The number of nitrogens with one attached hydrogen (secondary N) is 1. The van der Waals surface area contributed by atoms with Gasteiger partial charge in [0.05, 0.1) is 0 Å². The molecular weight excluding hydrogens is 355 g/mol. The molecule has 3 nitrogen and oxygen atoms in total. The predicted octanol–water partition coefficient (Wildman–Crippen LogP) is 4.82. The van der Waals surface area contributed by atoms with Crippen LogP contribution in [0.3, 0.4) is 0 Å². The maximum absolute atomic E-state index is 12.4. The minimum absolute atomic E-state index is 0.127. The molecule has 1 saturated heterocycles. The Labute approximate surface area is 160 Å². The van der Waals surface area contributed by atoms with Crippen molar-refractivity contribution in [1.29, 1.82) is 0 Å². The molecule has 1 aliphatic carbocycles. The van der Waals surface area contributed by atoms with E-state index in [0.717, 1.165) is 57.4 Å². The molecule has 0 unspecified atom stereocenters. The van der Waals surface area contributed by atoms with Gasteiger partial charge in [-0.05, 0) is 63.7 Å². The van der Waals surface area contributed by atoms with Crippen molar-refractivity contribution in [2.45, 2.75) is 45.1 Å². The van der Waals surface area contributed by atoms with E-state index in [1.807, 2.05) is 18.2 Å². The molecule has 1 amide bonds. The van der Waals surface area contributed by atoms with E-state index in [1.54, 1.807) is 0 Å². The number of allylic oxidation sites excluding steroid dienone is 1. The van der Waals surface area contributed by atoms with Gasteiger partial charge >= 0.3 is 0 Å². The normalized spacial score (nSPS) is 19.5. The van der Waals surface area contributed by atoms with E-state index < -0.39 is 0 Å². The van der Waals surface area contributed by atoms with Crippen molar-refractivity contribution in [2.75, 3.05) is 19.6 Å². The van der Waals surface area contributed by atoms with Crippen molar-refractivity contribution in [3.05, 3.63) is 45.5 Å². The quantitative estimate of drug-likeness (QED) is 0.742. The second-order valence-electron chi connectivity index (χ2n) is 7.08. The van der Waals surface area contributed by atoms with Gasteiger partial charge < -0.3 is 5.32 Å². The fraction of sp³-hybridized carbons (Fsp3) is 0.550. The molecule has 0 radical (unpaired) electrons. The van der Waals surface area contributed by atoms with Gasteiger partial charge in [0.1, 0.15) is 0 Å². The summed E-state index contributed by atoms with van der Waals surface area (Å²) in [5, 5.41) is 4.57. The number of hydrogen-bond donors (Lipinski definition) is 1. The van der Waals surface area contributed by atoms with Gasteiger partial charge in [-0.3, -0.25) is 9.69 Å². The van der Waals surface area contributed by atoms with Crippen molar-refractivity contribution in [1.82, 2.24) is 10.2 Å². The molecule has 0 atom stereocenters. The molecular formula is C20H26Cl2N2O. The van der Waals surface area contributed by atoms with Gasteiger partial charge in [0.2, 0.25) is 5.91 Å². The number of amides is 1. The summed E-state index contributed by atoms with van der Waals surface area (Å²) < 4.78 is 0. The minimum Gasteiger partial charge on any atom is -0.352 e. The number of benzene rings is 1. The predicted molar refractivity (Wildman–Crippen MR) is 104 cm³/mol. The van der Waals surface area contributed by atoms with Gasteiger partial charge in [0.15, 0.2) is 0 Å². The van der Waals surface area contributed by atoms with Crippen LogP contribution in [0.25, 0.3) is 0 Å². The lowest BCUT2D eigenvalue weighted by Crippen LogP contribution is -2.40. The number of piperidine rings is 1. The summed E-state index contributed by atoms with van der Waals surface area (Å²) in [7, 11) is 0. The second kappa shape index (κ2) is 9.07. The SMILES string of the molecule is O=C(NCC1=CCCCC1)C1CCN(Cc2c(Cl)cccc2Cl)CC1. The summed E-state index contributed by atoms with van der Waals surface area (Å²) in [6.45, 7) is 3.29. The molecule has 1 fully saturated rings. The molecule has 1 aliphatic heterocycles. The molecule has 25 heavy (non-hydrogen) atoms. The molecule has 2 aliphatic rings. The summed E-state index contributed by atoms with van der Waals surface area (Å²) in [5.41, 5.74) is 2.38. The van der Waals surface area contributed by atoms with Crippen LogP contribution in [0.1, 0.15) is 44.1 Å². The van der Waals surface area contributed by atoms with Crippen LogP contribution in [0.5, 0.6) is 0 Å². The lowest BCUT2D eigenvalue weighted by molar-refractivity contribution is -0.126. The Bertz CT molecular complexity index is 616. The molecule has 1 heterocycles. The maximum Gasteiger partial charge on any atom is 0.223 e. The Balaban J connectivity index is 1.45. The molecule has 0 bridgehead atoms. The number of carbonyl (C=O) groups excluding carboxylic acids is 1. The van der Waals surface area contributed by atoms with Crippen molar-refractivity contribution in [2.24, 2.45) is 5.92 Å². The summed E-state index contributed by atoms with van der Waals surface area (Å²) >= 11 is 12.5. The Morgan fingerprint density at radius 1 is 1.16 bits per heavy atom. The first-order chi connectivity index (χ1) is 12.1. The number of rotatable bonds is 5. The molecule has 5 heteroatoms. The molecule has 3 rings (SSSR count). The van der Waals surface area contributed by atoms with Crippen molar-refractivity contribution in [3.8, 4) is 0 Å². The van der Waals surface area contributed by atoms with E-state index in [0.29, 0.717) is 10.0 Å². The van der Waals surface area contributed by atoms with E-state index in [2.05, 4.69) is 16.3 Å². The first-order valence-electron chi connectivity index (χ1n) is 9.24. The maximum atomic E-state index is 12.4. The van der Waals surface area contributed by atoms with Gasteiger partial charge in [0.25, 0.3) is 0 Å². The molecule has 1 N–H and O–H groups in total. The molecule has 136 valence electrons. The highest BCUT2D eigenvalue weighted by molar-refractivity contribution is 6.35. The highest BCUT2D eigenvalue weighted by Gasteiger charge is 2.25. The number of likely N-dealkylation sites (tertiary alicyclic amines) is 1. The zero-order valence-corrected chi connectivity index (χ0v) is 16.1. The Hall–Kier alpha value is -1.03. The van der Waals surface area contributed by atoms with Gasteiger partial charge in [-0.25, -0.2) is 0 Å². The highest BCUT2D eigenvalue weighted by Crippen LogP contribution is 2.27. The molecule has 1 aromatic rings. The van der Waals surface area contributed by atoms with E-state index >= 15 is 0 Å². The van der Waals surface area contributed by atoms with Crippen LogP contribution in [0.15, 0.2) is 29.8 Å². The van der Waals surface area contributed by atoms with E-state index in [9.17, 15) is 4.79 Å². The molecule has 0 spiro atoms. The summed E-state index contributed by atoms with van der Waals surface area (Å²) in [5.74, 6) is 0.337.